The Balaban J connectivity index is 3.54. The molecule has 1 aromatic rings. The summed E-state index contributed by atoms with van der Waals surface area (Å²) in [4.78, 5) is 11.3. The number of halogens is 4. The number of benzene rings is 1. The maximum atomic E-state index is 12.9. The molecular weight excluding hydrogens is 348 g/mol. The number of hydrogen-bond donors (Lipinski definition) is 0. The second-order valence-electron chi connectivity index (χ2n) is 3.29. The summed E-state index contributed by atoms with van der Waals surface area (Å²) in [6.45, 7) is 2.86. The van der Waals surface area contributed by atoms with Crippen molar-refractivity contribution < 1.29 is 22.7 Å². The third kappa shape index (κ3) is 3.11. The minimum Gasteiger partial charge on any atom is -0.492 e. The first kappa shape index (κ1) is 14.3. The Labute approximate surface area is 110 Å². The molecule has 17 heavy (non-hydrogen) atoms. The van der Waals surface area contributed by atoms with E-state index >= 15 is 0 Å². The largest absolute Gasteiger partial charge is 0.492 e. The summed E-state index contributed by atoms with van der Waals surface area (Å²) in [6, 6.07) is 2.62. The molecule has 0 aliphatic heterocycles. The molecule has 0 spiro atoms. The number of ketones is 1. The number of carbonyl (C=O) groups excluding carboxylic acids is 1. The molecule has 1 rings (SSSR count). The zero-order valence-corrected chi connectivity index (χ0v) is 11.3. The summed E-state index contributed by atoms with van der Waals surface area (Å²) >= 11 is 1.58. The van der Waals surface area contributed by atoms with Crippen molar-refractivity contribution in [2.75, 3.05) is 6.61 Å². The Hall–Kier alpha value is -0.790. The van der Waals surface area contributed by atoms with E-state index < -0.39 is 17.5 Å². The van der Waals surface area contributed by atoms with E-state index in [2.05, 4.69) is 0 Å². The average molecular weight is 358 g/mol. The molecule has 0 aliphatic rings. The van der Waals surface area contributed by atoms with Gasteiger partial charge in [0.2, 0.25) is 0 Å². The van der Waals surface area contributed by atoms with Gasteiger partial charge < -0.3 is 4.74 Å². The van der Waals surface area contributed by atoms with E-state index in [4.69, 9.17) is 4.74 Å². The molecule has 0 bridgehead atoms. The lowest BCUT2D eigenvalue weighted by Gasteiger charge is -2.17. The van der Waals surface area contributed by atoms with E-state index in [9.17, 15) is 18.0 Å². The van der Waals surface area contributed by atoms with Gasteiger partial charge in [0.15, 0.2) is 5.78 Å². The molecule has 0 amide bonds. The number of carbonyl (C=O) groups is 1. The minimum absolute atomic E-state index is 0.0172. The maximum absolute atomic E-state index is 12.9. The van der Waals surface area contributed by atoms with Gasteiger partial charge >= 0.3 is 6.18 Å². The van der Waals surface area contributed by atoms with Gasteiger partial charge in [0, 0.05) is 3.57 Å². The summed E-state index contributed by atoms with van der Waals surface area (Å²) in [7, 11) is 0. The SMILES string of the molecule is CCOc1c(C(C)=O)ccc(I)c1C(F)(F)F. The van der Waals surface area contributed by atoms with Crippen LogP contribution in [0.25, 0.3) is 0 Å². The molecule has 0 aromatic heterocycles. The molecular formula is C11H10F3IO2. The molecule has 2 nitrogen and oxygen atoms in total. The van der Waals surface area contributed by atoms with Crippen LogP contribution in [0.4, 0.5) is 13.2 Å². The highest BCUT2D eigenvalue weighted by molar-refractivity contribution is 14.1. The molecule has 0 saturated carbocycles. The van der Waals surface area contributed by atoms with Crippen LogP contribution in [0.5, 0.6) is 5.75 Å². The van der Waals surface area contributed by atoms with E-state index in [1.54, 1.807) is 29.5 Å². The number of alkyl halides is 3. The summed E-state index contributed by atoms with van der Waals surface area (Å²) in [6.07, 6.45) is -4.54. The zero-order chi connectivity index (χ0) is 13.2. The molecule has 0 saturated heterocycles. The molecule has 1 aromatic carbocycles. The fraction of sp³-hybridized carbons (Fsp3) is 0.364. The van der Waals surface area contributed by atoms with E-state index in [-0.39, 0.29) is 21.5 Å². The molecule has 0 N–H and O–H groups in total. The lowest BCUT2D eigenvalue weighted by Crippen LogP contribution is -2.14. The van der Waals surface area contributed by atoms with E-state index in [1.165, 1.54) is 19.1 Å². The van der Waals surface area contributed by atoms with Gasteiger partial charge in [-0.3, -0.25) is 4.79 Å². The quantitative estimate of drug-likeness (QED) is 0.605. The van der Waals surface area contributed by atoms with E-state index in [1.807, 2.05) is 0 Å². The van der Waals surface area contributed by atoms with Gasteiger partial charge in [-0.1, -0.05) is 0 Å². The zero-order valence-electron chi connectivity index (χ0n) is 9.19. The third-order valence-corrected chi connectivity index (χ3v) is 2.96. The van der Waals surface area contributed by atoms with Crippen LogP contribution in [0.3, 0.4) is 0 Å². The maximum Gasteiger partial charge on any atom is 0.421 e. The van der Waals surface area contributed by atoms with Crippen molar-refractivity contribution in [2.45, 2.75) is 20.0 Å². The lowest BCUT2D eigenvalue weighted by atomic mass is 10.1. The molecule has 0 fully saturated rings. The first-order chi connectivity index (χ1) is 7.79. The average Bonchev–Trinajstić information content (AvgIpc) is 2.15. The minimum atomic E-state index is -4.54. The first-order valence-electron chi connectivity index (χ1n) is 4.82. The Morgan fingerprint density at radius 2 is 2.00 bits per heavy atom. The highest BCUT2D eigenvalue weighted by Gasteiger charge is 2.38. The van der Waals surface area contributed by atoms with E-state index in [0.717, 1.165) is 0 Å². The second-order valence-corrected chi connectivity index (χ2v) is 4.45. The van der Waals surface area contributed by atoms with Crippen molar-refractivity contribution in [1.29, 1.82) is 0 Å². The van der Waals surface area contributed by atoms with Crippen LogP contribution in [0.1, 0.15) is 29.8 Å². The van der Waals surface area contributed by atoms with Gasteiger partial charge in [-0.25, -0.2) is 0 Å². The van der Waals surface area contributed by atoms with Crippen LogP contribution in [0.2, 0.25) is 0 Å². The summed E-state index contributed by atoms with van der Waals surface area (Å²) in [5.41, 5.74) is -0.924. The Morgan fingerprint density at radius 1 is 1.41 bits per heavy atom. The predicted molar refractivity (Wildman–Crippen MR) is 65.3 cm³/mol. The van der Waals surface area contributed by atoms with E-state index in [0.29, 0.717) is 0 Å². The van der Waals surface area contributed by atoms with Crippen molar-refractivity contribution >= 4 is 28.4 Å². The topological polar surface area (TPSA) is 26.3 Å². The smallest absolute Gasteiger partial charge is 0.421 e. The molecule has 94 valence electrons. The van der Waals surface area contributed by atoms with Crippen LogP contribution < -0.4 is 4.74 Å². The highest BCUT2D eigenvalue weighted by Crippen LogP contribution is 2.41. The van der Waals surface area contributed by atoms with Crippen molar-refractivity contribution in [3.8, 4) is 5.75 Å². The van der Waals surface area contributed by atoms with Gasteiger partial charge in [-0.05, 0) is 48.6 Å². The Morgan fingerprint density at radius 3 is 2.41 bits per heavy atom. The van der Waals surface area contributed by atoms with Crippen LogP contribution in [0, 0.1) is 3.57 Å². The number of ether oxygens (including phenoxy) is 1. The normalized spacial score (nSPS) is 11.4. The van der Waals surface area contributed by atoms with Crippen LogP contribution in [-0.4, -0.2) is 12.4 Å². The summed E-state index contributed by atoms with van der Waals surface area (Å²) in [5, 5.41) is 0. The van der Waals surface area contributed by atoms with Crippen molar-refractivity contribution in [3.63, 3.8) is 0 Å². The number of rotatable bonds is 3. The first-order valence-corrected chi connectivity index (χ1v) is 5.90. The molecule has 0 aliphatic carbocycles. The van der Waals surface area contributed by atoms with Crippen LogP contribution >= 0.6 is 22.6 Å². The van der Waals surface area contributed by atoms with Crippen LogP contribution in [0.15, 0.2) is 12.1 Å². The molecule has 0 unspecified atom stereocenters. The predicted octanol–water partition coefficient (Wildman–Crippen LogP) is 3.91. The molecule has 6 heteroatoms. The van der Waals surface area contributed by atoms with Crippen molar-refractivity contribution in [1.82, 2.24) is 0 Å². The van der Waals surface area contributed by atoms with Crippen molar-refractivity contribution in [2.24, 2.45) is 0 Å². The van der Waals surface area contributed by atoms with Gasteiger partial charge in [-0.2, -0.15) is 13.2 Å². The lowest BCUT2D eigenvalue weighted by molar-refractivity contribution is -0.139. The van der Waals surface area contributed by atoms with Gasteiger partial charge in [0.05, 0.1) is 12.2 Å². The molecule has 0 heterocycles. The standard InChI is InChI=1S/C11H10F3IO2/c1-3-17-10-7(6(2)16)4-5-8(15)9(10)11(12,13)14/h4-5H,3H2,1-2H3. The highest BCUT2D eigenvalue weighted by atomic mass is 127. The monoisotopic (exact) mass is 358 g/mol. The third-order valence-electron chi connectivity index (χ3n) is 2.06. The Kier molecular flexibility index (Phi) is 4.40. The van der Waals surface area contributed by atoms with Gasteiger partial charge in [0.1, 0.15) is 11.3 Å². The van der Waals surface area contributed by atoms with Crippen LogP contribution in [-0.2, 0) is 6.18 Å². The fourth-order valence-corrected chi connectivity index (χ4v) is 2.12. The summed E-state index contributed by atoms with van der Waals surface area (Å²) in [5.74, 6) is -0.824. The fourth-order valence-electron chi connectivity index (χ4n) is 1.39. The number of Topliss-reactive ketones (excluding diaryl/α,β-unsaturated/α-hetero) is 1. The Bertz CT molecular complexity index is 441. The molecule has 0 atom stereocenters. The van der Waals surface area contributed by atoms with Gasteiger partial charge in [0.25, 0.3) is 0 Å². The molecule has 0 radical (unpaired) electrons. The number of hydrogen-bond acceptors (Lipinski definition) is 2. The van der Waals surface area contributed by atoms with Crippen molar-refractivity contribution in [3.05, 3.63) is 26.8 Å². The second kappa shape index (κ2) is 5.24. The van der Waals surface area contributed by atoms with Gasteiger partial charge in [-0.15, -0.1) is 0 Å². The summed E-state index contributed by atoms with van der Waals surface area (Å²) < 4.78 is 43.6.